The Hall–Kier alpha value is -2.24. The number of halogens is 1. The van der Waals surface area contributed by atoms with Gasteiger partial charge in [-0.05, 0) is 50.1 Å². The van der Waals surface area contributed by atoms with E-state index in [1.807, 2.05) is 43.3 Å². The van der Waals surface area contributed by atoms with Gasteiger partial charge in [-0.25, -0.2) is 0 Å². The second kappa shape index (κ2) is 9.30. The molecular formula is C22H24ClN3OS. The monoisotopic (exact) mass is 413 g/mol. The molecule has 0 aliphatic rings. The summed E-state index contributed by atoms with van der Waals surface area (Å²) in [6.07, 6.45) is 1.63. The number of thioether (sulfide) groups is 1. The fraction of sp³-hybridized carbons (Fsp3) is 0.273. The Morgan fingerprint density at radius 1 is 1.18 bits per heavy atom. The first-order valence-corrected chi connectivity index (χ1v) is 10.5. The predicted molar refractivity (Wildman–Crippen MR) is 116 cm³/mol. The number of aryl methyl sites for hydroxylation is 2. The van der Waals surface area contributed by atoms with Gasteiger partial charge in [-0.1, -0.05) is 59.3 Å². The Kier molecular flexibility index (Phi) is 6.81. The zero-order chi connectivity index (χ0) is 20.1. The first kappa shape index (κ1) is 20.5. The summed E-state index contributed by atoms with van der Waals surface area (Å²) >= 11 is 7.60. The molecular weight excluding hydrogens is 390 g/mol. The number of nitrogens with zero attached hydrogens (tertiary/aromatic N) is 3. The molecule has 1 unspecified atom stereocenters. The SMILES string of the molecule is C=CCn1c(SCc2ccc(Cl)cc2)nnc1C(C)Oc1ccc(C)cc1C. The minimum atomic E-state index is -0.223. The van der Waals surface area contributed by atoms with Crippen LogP contribution in [0.5, 0.6) is 5.75 Å². The standard InChI is InChI=1S/C22H24ClN3OS/c1-5-12-26-21(17(4)27-20-11-6-15(2)13-16(20)3)24-25-22(26)28-14-18-7-9-19(23)10-8-18/h5-11,13,17H,1,12,14H2,2-4H3. The van der Waals surface area contributed by atoms with Crippen LogP contribution in [0.3, 0.4) is 0 Å². The van der Waals surface area contributed by atoms with Gasteiger partial charge in [0.15, 0.2) is 17.1 Å². The van der Waals surface area contributed by atoms with Crippen molar-refractivity contribution in [3.63, 3.8) is 0 Å². The first-order valence-electron chi connectivity index (χ1n) is 9.13. The lowest BCUT2D eigenvalue weighted by molar-refractivity contribution is 0.209. The lowest BCUT2D eigenvalue weighted by Gasteiger charge is -2.17. The maximum absolute atomic E-state index is 6.18. The van der Waals surface area contributed by atoms with Crippen molar-refractivity contribution >= 4 is 23.4 Å². The van der Waals surface area contributed by atoms with Crippen LogP contribution >= 0.6 is 23.4 Å². The topological polar surface area (TPSA) is 39.9 Å². The highest BCUT2D eigenvalue weighted by molar-refractivity contribution is 7.98. The summed E-state index contributed by atoms with van der Waals surface area (Å²) in [5, 5.41) is 10.4. The van der Waals surface area contributed by atoms with Crippen LogP contribution < -0.4 is 4.74 Å². The van der Waals surface area contributed by atoms with E-state index in [0.29, 0.717) is 6.54 Å². The van der Waals surface area contributed by atoms with Crippen molar-refractivity contribution in [1.82, 2.24) is 14.8 Å². The summed E-state index contributed by atoms with van der Waals surface area (Å²) in [5.41, 5.74) is 3.51. The molecule has 0 saturated carbocycles. The number of rotatable bonds is 8. The van der Waals surface area contributed by atoms with Gasteiger partial charge in [-0.15, -0.1) is 16.8 Å². The van der Waals surface area contributed by atoms with Crippen LogP contribution in [0.15, 0.2) is 60.3 Å². The van der Waals surface area contributed by atoms with Crippen LogP contribution in [0.4, 0.5) is 0 Å². The fourth-order valence-corrected chi connectivity index (χ4v) is 3.95. The summed E-state index contributed by atoms with van der Waals surface area (Å²) < 4.78 is 8.24. The molecule has 0 amide bonds. The molecule has 0 bridgehead atoms. The lowest BCUT2D eigenvalue weighted by Crippen LogP contribution is -2.12. The minimum absolute atomic E-state index is 0.223. The molecule has 28 heavy (non-hydrogen) atoms. The van der Waals surface area contributed by atoms with E-state index >= 15 is 0 Å². The van der Waals surface area contributed by atoms with Gasteiger partial charge in [0.05, 0.1) is 0 Å². The average molecular weight is 414 g/mol. The van der Waals surface area contributed by atoms with Crippen molar-refractivity contribution in [2.75, 3.05) is 0 Å². The Bertz CT molecular complexity index is 953. The molecule has 0 aliphatic carbocycles. The van der Waals surface area contributed by atoms with Gasteiger partial charge in [0.25, 0.3) is 0 Å². The van der Waals surface area contributed by atoms with Crippen molar-refractivity contribution in [3.8, 4) is 5.75 Å². The van der Waals surface area contributed by atoms with Crippen molar-refractivity contribution in [2.24, 2.45) is 0 Å². The second-order valence-electron chi connectivity index (χ2n) is 6.68. The van der Waals surface area contributed by atoms with E-state index < -0.39 is 0 Å². The highest BCUT2D eigenvalue weighted by Gasteiger charge is 2.19. The van der Waals surface area contributed by atoms with Crippen LogP contribution in [0.25, 0.3) is 0 Å². The molecule has 0 spiro atoms. The van der Waals surface area contributed by atoms with Crippen LogP contribution in [0.2, 0.25) is 5.02 Å². The minimum Gasteiger partial charge on any atom is -0.482 e. The Labute approximate surface area is 175 Å². The van der Waals surface area contributed by atoms with Crippen molar-refractivity contribution in [3.05, 3.63) is 82.7 Å². The molecule has 6 heteroatoms. The maximum Gasteiger partial charge on any atom is 0.191 e. The van der Waals surface area contributed by atoms with Gasteiger partial charge in [0, 0.05) is 17.3 Å². The molecule has 1 heterocycles. The number of hydrogen-bond donors (Lipinski definition) is 0. The predicted octanol–water partition coefficient (Wildman–Crippen LogP) is 6.17. The molecule has 1 atom stereocenters. The number of ether oxygens (including phenoxy) is 1. The van der Waals surface area contributed by atoms with Crippen molar-refractivity contribution < 1.29 is 4.74 Å². The average Bonchev–Trinajstić information content (AvgIpc) is 3.07. The smallest absolute Gasteiger partial charge is 0.191 e. The molecule has 0 N–H and O–H groups in total. The quantitative estimate of drug-likeness (QED) is 0.327. The van der Waals surface area contributed by atoms with Gasteiger partial charge < -0.3 is 4.74 Å². The van der Waals surface area contributed by atoms with E-state index in [-0.39, 0.29) is 6.10 Å². The summed E-state index contributed by atoms with van der Waals surface area (Å²) in [4.78, 5) is 0. The molecule has 4 nitrogen and oxygen atoms in total. The summed E-state index contributed by atoms with van der Waals surface area (Å²) in [7, 11) is 0. The first-order chi connectivity index (χ1) is 13.5. The molecule has 0 saturated heterocycles. The van der Waals surface area contributed by atoms with E-state index in [1.165, 1.54) is 11.1 Å². The summed E-state index contributed by atoms with van der Waals surface area (Å²) in [6.45, 7) is 10.6. The largest absolute Gasteiger partial charge is 0.482 e. The number of allylic oxidation sites excluding steroid dienone is 1. The molecule has 3 aromatic rings. The molecule has 0 fully saturated rings. The van der Waals surface area contributed by atoms with Crippen LogP contribution in [0.1, 0.15) is 35.5 Å². The maximum atomic E-state index is 6.18. The summed E-state index contributed by atoms with van der Waals surface area (Å²) in [5.74, 6) is 2.44. The third-order valence-corrected chi connectivity index (χ3v) is 5.63. The number of hydrogen-bond acceptors (Lipinski definition) is 4. The van der Waals surface area contributed by atoms with E-state index in [0.717, 1.165) is 33.1 Å². The normalized spacial score (nSPS) is 12.0. The lowest BCUT2D eigenvalue weighted by atomic mass is 10.1. The Morgan fingerprint density at radius 3 is 2.61 bits per heavy atom. The van der Waals surface area contributed by atoms with Crippen molar-refractivity contribution in [1.29, 1.82) is 0 Å². The third-order valence-electron chi connectivity index (χ3n) is 4.34. The van der Waals surface area contributed by atoms with E-state index in [4.69, 9.17) is 16.3 Å². The summed E-state index contributed by atoms with van der Waals surface area (Å²) in [6, 6.07) is 14.0. The van der Waals surface area contributed by atoms with Gasteiger partial charge >= 0.3 is 0 Å². The van der Waals surface area contributed by atoms with E-state index in [9.17, 15) is 0 Å². The molecule has 146 valence electrons. The number of aromatic nitrogens is 3. The van der Waals surface area contributed by atoms with Crippen LogP contribution in [-0.4, -0.2) is 14.8 Å². The van der Waals surface area contributed by atoms with Gasteiger partial charge in [-0.2, -0.15) is 0 Å². The Balaban J connectivity index is 1.77. The van der Waals surface area contributed by atoms with Gasteiger partial charge in [-0.3, -0.25) is 4.57 Å². The van der Waals surface area contributed by atoms with E-state index in [1.54, 1.807) is 11.8 Å². The van der Waals surface area contributed by atoms with Crippen LogP contribution in [0, 0.1) is 13.8 Å². The molecule has 1 aromatic heterocycles. The zero-order valence-corrected chi connectivity index (χ0v) is 17.9. The van der Waals surface area contributed by atoms with Gasteiger partial charge in [0.1, 0.15) is 5.75 Å². The molecule has 3 rings (SSSR count). The molecule has 0 radical (unpaired) electrons. The van der Waals surface area contributed by atoms with Crippen molar-refractivity contribution in [2.45, 2.75) is 44.3 Å². The van der Waals surface area contributed by atoms with Gasteiger partial charge in [0.2, 0.25) is 0 Å². The van der Waals surface area contributed by atoms with E-state index in [2.05, 4.69) is 47.3 Å². The highest BCUT2D eigenvalue weighted by Crippen LogP contribution is 2.28. The Morgan fingerprint density at radius 2 is 1.93 bits per heavy atom. The third kappa shape index (κ3) is 4.97. The molecule has 0 aliphatic heterocycles. The second-order valence-corrected chi connectivity index (χ2v) is 8.06. The molecule has 2 aromatic carbocycles. The number of benzene rings is 2. The van der Waals surface area contributed by atoms with Crippen LogP contribution in [-0.2, 0) is 12.3 Å². The zero-order valence-electron chi connectivity index (χ0n) is 16.4. The fourth-order valence-electron chi connectivity index (χ4n) is 2.91. The highest BCUT2D eigenvalue weighted by atomic mass is 35.5.